The molecule has 0 bridgehead atoms. The number of aliphatic hydroxyl groups is 4. The van der Waals surface area contributed by atoms with Crippen molar-refractivity contribution in [3.63, 3.8) is 0 Å². The molecular weight excluding hydrogens is 532 g/mol. The van der Waals surface area contributed by atoms with Crippen LogP contribution < -0.4 is 20.4 Å². The van der Waals surface area contributed by atoms with Crippen LogP contribution in [0, 0.1) is 5.82 Å². The van der Waals surface area contributed by atoms with E-state index in [1.54, 1.807) is 0 Å². The summed E-state index contributed by atoms with van der Waals surface area (Å²) in [5.41, 5.74) is -3.73. The van der Waals surface area contributed by atoms with E-state index >= 15 is 0 Å². The van der Waals surface area contributed by atoms with E-state index in [9.17, 15) is 56.4 Å². The summed E-state index contributed by atoms with van der Waals surface area (Å²) in [6, 6.07) is 2.10. The van der Waals surface area contributed by atoms with Crippen molar-refractivity contribution in [2.45, 2.75) is 31.0 Å². The summed E-state index contributed by atoms with van der Waals surface area (Å²) in [6.45, 7) is -1.50. The van der Waals surface area contributed by atoms with Crippen LogP contribution in [-0.2, 0) is 12.7 Å². The van der Waals surface area contributed by atoms with E-state index in [-0.39, 0.29) is 29.5 Å². The number of fused-ring (bicyclic) bond motifs is 5. The summed E-state index contributed by atoms with van der Waals surface area (Å²) in [5.74, 6) is -11.5. The van der Waals surface area contributed by atoms with Crippen LogP contribution >= 0.6 is 0 Å². The highest BCUT2D eigenvalue weighted by Gasteiger charge is 2.65. The number of nitrogens with one attached hydrogen (secondary N) is 2. The van der Waals surface area contributed by atoms with Crippen LogP contribution in [-0.4, -0.2) is 63.0 Å². The number of alkyl halides is 5. The van der Waals surface area contributed by atoms with Gasteiger partial charge in [0.25, 0.3) is 18.2 Å². The van der Waals surface area contributed by atoms with Gasteiger partial charge in [0.05, 0.1) is 29.0 Å². The van der Waals surface area contributed by atoms with E-state index in [0.29, 0.717) is 21.9 Å². The van der Waals surface area contributed by atoms with Crippen LogP contribution in [0.3, 0.4) is 0 Å². The van der Waals surface area contributed by atoms with Gasteiger partial charge in [0.15, 0.2) is 0 Å². The van der Waals surface area contributed by atoms with Crippen molar-refractivity contribution in [2.24, 2.45) is 4.99 Å². The number of nitrogens with zero attached hydrogens (tertiary/aromatic N) is 3. The molecule has 0 aliphatic carbocycles. The lowest BCUT2D eigenvalue weighted by Gasteiger charge is -2.32. The Morgan fingerprint density at radius 1 is 1.16 bits per heavy atom. The number of carbonyl (C=O) groups excluding carboxylic acids is 2. The number of hydrogen-bond acceptors (Lipinski definition) is 9. The fourth-order valence-electron chi connectivity index (χ4n) is 4.42. The van der Waals surface area contributed by atoms with Crippen molar-refractivity contribution in [1.82, 2.24) is 5.32 Å². The minimum atomic E-state index is -4.97. The Hall–Kier alpha value is -3.93. The molecule has 2 aromatic carbocycles. The lowest BCUT2D eigenvalue weighted by Crippen LogP contribution is -2.60. The molecule has 0 saturated carbocycles. The SMILES string of the molecule is O=C(Nc1cc2c(c3c1CNC3=O)N1C(=NC(O)(O)C1(O)O)N2CC(F)F)c1cc(F)cc(C(F)(F)F)c1. The van der Waals surface area contributed by atoms with E-state index < -0.39 is 76.9 Å². The second-order valence-electron chi connectivity index (χ2n) is 8.53. The Morgan fingerprint density at radius 3 is 2.47 bits per heavy atom. The average molecular weight is 547 g/mol. The second kappa shape index (κ2) is 8.03. The van der Waals surface area contributed by atoms with Crippen molar-refractivity contribution in [3.05, 3.63) is 52.3 Å². The number of rotatable bonds is 4. The quantitative estimate of drug-likeness (QED) is 0.243. The highest BCUT2D eigenvalue weighted by atomic mass is 19.4. The maximum atomic E-state index is 13.8. The highest BCUT2D eigenvalue weighted by molar-refractivity contribution is 6.24. The first-order valence-electron chi connectivity index (χ1n) is 10.6. The fraction of sp³-hybridized carbons (Fsp3) is 0.286. The van der Waals surface area contributed by atoms with E-state index in [0.717, 1.165) is 6.07 Å². The summed E-state index contributed by atoms with van der Waals surface area (Å²) in [5, 5.41) is 45.4. The highest BCUT2D eigenvalue weighted by Crippen LogP contribution is 2.52. The van der Waals surface area contributed by atoms with Gasteiger partial charge >= 0.3 is 18.0 Å². The van der Waals surface area contributed by atoms with E-state index in [4.69, 9.17) is 0 Å². The molecule has 202 valence electrons. The van der Waals surface area contributed by atoms with Gasteiger partial charge in [0, 0.05) is 23.4 Å². The molecule has 0 fully saturated rings. The molecule has 0 spiro atoms. The smallest absolute Gasteiger partial charge is 0.348 e. The molecule has 38 heavy (non-hydrogen) atoms. The normalized spacial score (nSPS) is 18.8. The first kappa shape index (κ1) is 25.7. The van der Waals surface area contributed by atoms with Crippen molar-refractivity contribution >= 4 is 34.8 Å². The summed E-state index contributed by atoms with van der Waals surface area (Å²) < 4.78 is 80.0. The first-order valence-corrected chi connectivity index (χ1v) is 10.6. The number of aliphatic imine (C=N–C) groups is 1. The predicted molar refractivity (Wildman–Crippen MR) is 115 cm³/mol. The standard InChI is InChI=1S/C21H15F6N5O6/c22-9-2-7(1-8(3-9)19(25,26)27)16(33)29-11-4-12-15(14-10(11)5-28-17(14)34)32-18(31(12)6-13(23)24)30-20(35,36)21(32,37)38/h1-4,13,35-38H,5-6H2,(H,28,34)(H,29,33). The third-order valence-corrected chi connectivity index (χ3v) is 6.07. The third kappa shape index (κ3) is 3.73. The molecule has 2 aromatic rings. The van der Waals surface area contributed by atoms with Crippen LogP contribution in [0.25, 0.3) is 0 Å². The molecule has 3 heterocycles. The molecule has 0 aromatic heterocycles. The van der Waals surface area contributed by atoms with Gasteiger partial charge in [-0.1, -0.05) is 0 Å². The van der Waals surface area contributed by atoms with Gasteiger partial charge < -0.3 is 36.0 Å². The van der Waals surface area contributed by atoms with E-state index in [1.165, 1.54) is 0 Å². The molecule has 17 heteroatoms. The first-order chi connectivity index (χ1) is 17.5. The van der Waals surface area contributed by atoms with Crippen molar-refractivity contribution in [2.75, 3.05) is 21.7 Å². The molecule has 2 amide bonds. The summed E-state index contributed by atoms with van der Waals surface area (Å²) >= 11 is 0. The lowest BCUT2D eigenvalue weighted by molar-refractivity contribution is -0.339. The van der Waals surface area contributed by atoms with Gasteiger partial charge in [0.1, 0.15) is 5.82 Å². The van der Waals surface area contributed by atoms with Gasteiger partial charge in [0.2, 0.25) is 5.96 Å². The van der Waals surface area contributed by atoms with Gasteiger partial charge in [-0.3, -0.25) is 9.59 Å². The average Bonchev–Trinajstić information content (AvgIpc) is 3.36. The molecule has 0 atom stereocenters. The Labute approximate surface area is 207 Å². The number of halogens is 6. The molecular formula is C21H15F6N5O6. The number of hydrogen-bond donors (Lipinski definition) is 6. The maximum Gasteiger partial charge on any atom is 0.416 e. The molecule has 6 N–H and O–H groups in total. The number of amides is 2. The zero-order valence-corrected chi connectivity index (χ0v) is 18.5. The zero-order valence-electron chi connectivity index (χ0n) is 18.5. The van der Waals surface area contributed by atoms with Crippen molar-refractivity contribution < 1.29 is 56.4 Å². The van der Waals surface area contributed by atoms with Gasteiger partial charge in [-0.2, -0.15) is 18.2 Å². The largest absolute Gasteiger partial charge is 0.416 e. The molecule has 3 aliphatic rings. The second-order valence-corrected chi connectivity index (χ2v) is 8.53. The number of guanidine groups is 1. The Kier molecular flexibility index (Phi) is 5.43. The molecule has 0 radical (unpaired) electrons. The number of benzene rings is 2. The molecule has 0 saturated heterocycles. The van der Waals surface area contributed by atoms with Crippen LogP contribution in [0.5, 0.6) is 0 Å². The van der Waals surface area contributed by atoms with Crippen LogP contribution in [0.2, 0.25) is 0 Å². The van der Waals surface area contributed by atoms with E-state index in [2.05, 4.69) is 15.6 Å². The van der Waals surface area contributed by atoms with Crippen molar-refractivity contribution in [3.8, 4) is 0 Å². The van der Waals surface area contributed by atoms with Crippen molar-refractivity contribution in [1.29, 1.82) is 0 Å². The Balaban J connectivity index is 1.64. The molecule has 5 rings (SSSR count). The Bertz CT molecular complexity index is 1430. The monoisotopic (exact) mass is 547 g/mol. The number of anilines is 3. The Morgan fingerprint density at radius 2 is 1.84 bits per heavy atom. The molecule has 3 aliphatic heterocycles. The zero-order chi connectivity index (χ0) is 27.9. The topological polar surface area (TPSA) is 158 Å². The third-order valence-electron chi connectivity index (χ3n) is 6.07. The molecule has 11 nitrogen and oxygen atoms in total. The van der Waals surface area contributed by atoms with Gasteiger partial charge in [-0.05, 0) is 24.3 Å². The fourth-order valence-corrected chi connectivity index (χ4v) is 4.42. The maximum absolute atomic E-state index is 13.8. The molecule has 0 unspecified atom stereocenters. The summed E-state index contributed by atoms with van der Waals surface area (Å²) in [4.78, 5) is 29.8. The lowest BCUT2D eigenvalue weighted by atomic mass is 10.0. The van der Waals surface area contributed by atoms with Gasteiger partial charge in [-0.15, -0.1) is 0 Å². The van der Waals surface area contributed by atoms with Crippen LogP contribution in [0.15, 0.2) is 29.3 Å². The minimum Gasteiger partial charge on any atom is -0.348 e. The number of carbonyl (C=O) groups is 2. The minimum absolute atomic E-state index is 0.0584. The van der Waals surface area contributed by atoms with Crippen LogP contribution in [0.4, 0.5) is 43.4 Å². The summed E-state index contributed by atoms with van der Waals surface area (Å²) in [6.07, 6.45) is -8.07. The van der Waals surface area contributed by atoms with E-state index in [1.807, 2.05) is 0 Å². The predicted octanol–water partition coefficient (Wildman–Crippen LogP) is 0.878. The van der Waals surface area contributed by atoms with Crippen LogP contribution in [0.1, 0.15) is 31.8 Å². The summed E-state index contributed by atoms with van der Waals surface area (Å²) in [7, 11) is 0. The van der Waals surface area contributed by atoms with Gasteiger partial charge in [-0.25, -0.2) is 18.1 Å².